The van der Waals surface area contributed by atoms with Gasteiger partial charge in [0, 0.05) is 66.8 Å². The van der Waals surface area contributed by atoms with E-state index in [0.29, 0.717) is 17.8 Å². The van der Waals surface area contributed by atoms with E-state index in [4.69, 9.17) is 0 Å². The van der Waals surface area contributed by atoms with Crippen molar-refractivity contribution >= 4 is 72.7 Å². The number of benzene rings is 13. The Hall–Kier alpha value is -10.2. The average molecular weight is 1150 g/mol. The molecule has 3 heteroatoms. The Morgan fingerprint density at radius 3 is 1.01 bits per heavy atom. The molecule has 0 aromatic heterocycles. The van der Waals surface area contributed by atoms with E-state index in [0.717, 1.165) is 89.4 Å². The van der Waals surface area contributed by atoms with Crippen molar-refractivity contribution in [2.45, 2.75) is 78.6 Å². The highest BCUT2D eigenvalue weighted by Crippen LogP contribution is 2.57. The highest BCUT2D eigenvalue weighted by atomic mass is 15.2. The van der Waals surface area contributed by atoms with Crippen molar-refractivity contribution in [3.05, 3.63) is 319 Å². The van der Waals surface area contributed by atoms with Crippen molar-refractivity contribution in [3.63, 3.8) is 0 Å². The monoisotopic (exact) mass is 1150 g/mol. The zero-order chi connectivity index (χ0) is 60.9. The van der Waals surface area contributed by atoms with Gasteiger partial charge in [-0.05, 0) is 187 Å². The summed E-state index contributed by atoms with van der Waals surface area (Å²) in [6.45, 7) is 18.5. The van der Waals surface area contributed by atoms with Crippen LogP contribution in [0, 0.1) is 0 Å². The van der Waals surface area contributed by atoms with Crippen LogP contribution >= 0.6 is 0 Å². The van der Waals surface area contributed by atoms with Crippen LogP contribution in [0.5, 0.6) is 0 Å². The molecule has 434 valence electrons. The van der Waals surface area contributed by atoms with Crippen molar-refractivity contribution in [2.24, 2.45) is 0 Å². The van der Waals surface area contributed by atoms with Crippen LogP contribution in [0.25, 0.3) is 66.1 Å². The highest BCUT2D eigenvalue weighted by Gasteiger charge is 2.38. The minimum Gasteiger partial charge on any atom is -0.310 e. The van der Waals surface area contributed by atoms with Crippen LogP contribution in [0.2, 0.25) is 0 Å². The second-order valence-electron chi connectivity index (χ2n) is 25.5. The third-order valence-corrected chi connectivity index (χ3v) is 18.5. The maximum Gasteiger partial charge on any atom is 0.0620 e. The van der Waals surface area contributed by atoms with E-state index in [1.165, 1.54) is 55.6 Å². The van der Waals surface area contributed by atoms with Gasteiger partial charge in [0.25, 0.3) is 0 Å². The maximum absolute atomic E-state index is 2.57. The summed E-state index contributed by atoms with van der Waals surface area (Å²) >= 11 is 0. The molecule has 13 aromatic carbocycles. The lowest BCUT2D eigenvalue weighted by Crippen LogP contribution is -2.17. The summed E-state index contributed by atoms with van der Waals surface area (Å²) in [6.07, 6.45) is 0. The van der Waals surface area contributed by atoms with Crippen LogP contribution in [0.15, 0.2) is 291 Å². The first-order valence-electron chi connectivity index (χ1n) is 31.7. The number of fused-ring (bicyclic) bond motifs is 5. The Morgan fingerprint density at radius 1 is 0.236 bits per heavy atom. The molecule has 14 rings (SSSR count). The molecule has 0 aliphatic heterocycles. The molecular weight excluding hydrogens is 1070 g/mol. The van der Waals surface area contributed by atoms with Gasteiger partial charge in [-0.2, -0.15) is 0 Å². The summed E-state index contributed by atoms with van der Waals surface area (Å²) in [6, 6.07) is 109. The van der Waals surface area contributed by atoms with Gasteiger partial charge in [-0.3, -0.25) is 0 Å². The van der Waals surface area contributed by atoms with Crippen molar-refractivity contribution in [1.29, 1.82) is 0 Å². The second-order valence-corrected chi connectivity index (χ2v) is 25.5. The summed E-state index contributed by atoms with van der Waals surface area (Å²) in [5, 5.41) is 4.55. The van der Waals surface area contributed by atoms with E-state index in [1.54, 1.807) is 0 Å². The van der Waals surface area contributed by atoms with Crippen molar-refractivity contribution < 1.29 is 0 Å². The van der Waals surface area contributed by atoms with Crippen LogP contribution in [0.1, 0.15) is 101 Å². The molecule has 0 bridgehead atoms. The number of hydrogen-bond donors (Lipinski definition) is 0. The lowest BCUT2D eigenvalue weighted by Gasteiger charge is -2.35. The minimum atomic E-state index is -0.288. The van der Waals surface area contributed by atoms with Gasteiger partial charge in [-0.25, -0.2) is 0 Å². The molecule has 1 aliphatic rings. The number of hydrogen-bond acceptors (Lipinski definition) is 3. The Balaban J connectivity index is 1.16. The van der Waals surface area contributed by atoms with Crippen molar-refractivity contribution in [3.8, 4) is 44.5 Å². The van der Waals surface area contributed by atoms with Crippen LogP contribution in [0.3, 0.4) is 0 Å². The van der Waals surface area contributed by atoms with Gasteiger partial charge < -0.3 is 14.7 Å². The lowest BCUT2D eigenvalue weighted by molar-refractivity contribution is 0.661. The molecule has 0 heterocycles. The predicted molar refractivity (Wildman–Crippen MR) is 382 cm³/mol. The standard InChI is InChI=1S/C86H75N3/c1-57(2)60-37-43-69(44-38-60)87(72-32-20-29-66(51-72)63-23-12-9-13-24-63)75-49-50-77-79(54-75)85(89(71-47-41-62(42-48-71)59(5)6)74-34-22-31-68(53-74)65-27-16-11-17-28-65)80-55-78-76-35-18-19-36-82(76)86(7,8)83(78)56-81(80)84(77)88(70-45-39-61(40-46-70)58(3)4)73-33-21-30-67(52-73)64-25-14-10-15-26-64/h9-59H,1-8H3. The van der Waals surface area contributed by atoms with Gasteiger partial charge >= 0.3 is 0 Å². The summed E-state index contributed by atoms with van der Waals surface area (Å²) < 4.78 is 0. The first kappa shape index (κ1) is 56.6. The normalized spacial score (nSPS) is 12.4. The zero-order valence-electron chi connectivity index (χ0n) is 52.3. The maximum atomic E-state index is 2.57. The van der Waals surface area contributed by atoms with E-state index in [9.17, 15) is 0 Å². The summed E-state index contributed by atoms with van der Waals surface area (Å²) in [5.74, 6) is 1.10. The molecule has 3 nitrogen and oxygen atoms in total. The highest BCUT2D eigenvalue weighted by molar-refractivity contribution is 6.25. The average Bonchev–Trinajstić information content (AvgIpc) is 1.70. The molecule has 0 N–H and O–H groups in total. The lowest BCUT2D eigenvalue weighted by atomic mass is 9.81. The largest absolute Gasteiger partial charge is 0.310 e. The zero-order valence-corrected chi connectivity index (χ0v) is 52.3. The number of anilines is 9. The molecule has 0 fully saturated rings. The molecule has 0 amide bonds. The Labute approximate surface area is 526 Å². The Kier molecular flexibility index (Phi) is 14.9. The molecule has 0 saturated carbocycles. The molecule has 0 radical (unpaired) electrons. The fraction of sp³-hybridized carbons (Fsp3) is 0.140. The van der Waals surface area contributed by atoms with E-state index in [-0.39, 0.29) is 5.41 Å². The van der Waals surface area contributed by atoms with Crippen LogP contribution in [0.4, 0.5) is 51.2 Å². The smallest absolute Gasteiger partial charge is 0.0620 e. The Morgan fingerprint density at radius 2 is 0.573 bits per heavy atom. The molecule has 1 aliphatic carbocycles. The summed E-state index contributed by atoms with van der Waals surface area (Å²) in [5.41, 5.74) is 25.5. The molecule has 0 spiro atoms. The van der Waals surface area contributed by atoms with Crippen LogP contribution < -0.4 is 14.7 Å². The van der Waals surface area contributed by atoms with Gasteiger partial charge in [0.15, 0.2) is 0 Å². The topological polar surface area (TPSA) is 9.72 Å². The van der Waals surface area contributed by atoms with Gasteiger partial charge in [0.2, 0.25) is 0 Å². The van der Waals surface area contributed by atoms with Crippen molar-refractivity contribution in [1.82, 2.24) is 0 Å². The van der Waals surface area contributed by atoms with Crippen LogP contribution in [-0.4, -0.2) is 0 Å². The van der Waals surface area contributed by atoms with Gasteiger partial charge in [-0.15, -0.1) is 0 Å². The van der Waals surface area contributed by atoms with Crippen molar-refractivity contribution in [2.75, 3.05) is 14.7 Å². The molecule has 13 aromatic rings. The number of rotatable bonds is 15. The third-order valence-electron chi connectivity index (χ3n) is 18.5. The molecule has 89 heavy (non-hydrogen) atoms. The van der Waals surface area contributed by atoms with Gasteiger partial charge in [0.05, 0.1) is 11.4 Å². The van der Waals surface area contributed by atoms with E-state index in [2.05, 4.69) is 361 Å². The number of nitrogens with zero attached hydrogens (tertiary/aromatic N) is 3. The third kappa shape index (κ3) is 10.5. The van der Waals surface area contributed by atoms with Gasteiger partial charge in [-0.1, -0.05) is 250 Å². The van der Waals surface area contributed by atoms with E-state index in [1.807, 2.05) is 0 Å². The predicted octanol–water partition coefficient (Wildman–Crippen LogP) is 25.1. The summed E-state index contributed by atoms with van der Waals surface area (Å²) in [4.78, 5) is 7.60. The Bertz CT molecular complexity index is 4700. The molecule has 0 saturated heterocycles. The molecule has 0 atom stereocenters. The van der Waals surface area contributed by atoms with Gasteiger partial charge in [0.1, 0.15) is 0 Å². The minimum absolute atomic E-state index is 0.288. The van der Waals surface area contributed by atoms with E-state index < -0.39 is 0 Å². The molecule has 0 unspecified atom stereocenters. The quantitative estimate of drug-likeness (QED) is 0.0748. The first-order chi connectivity index (χ1) is 43.4. The van der Waals surface area contributed by atoms with E-state index >= 15 is 0 Å². The fourth-order valence-electron chi connectivity index (χ4n) is 13.6. The van der Waals surface area contributed by atoms with Crippen LogP contribution in [-0.2, 0) is 5.41 Å². The second kappa shape index (κ2) is 23.5. The summed E-state index contributed by atoms with van der Waals surface area (Å²) in [7, 11) is 0. The fourth-order valence-corrected chi connectivity index (χ4v) is 13.6. The SMILES string of the molecule is CC(C)c1ccc(N(c2cccc(-c3ccccc3)c2)c2ccc3c(N(c4ccc(C(C)C)cc4)c4cccc(-c5ccccc5)c4)c4cc5c(cc4c(N(c4ccc(C(C)C)cc4)c4cccc(-c6ccccc6)c4)c3c2)-c2ccccc2C5(C)C)cc1. The molecular formula is C86H75N3. The first-order valence-corrected chi connectivity index (χ1v) is 31.7.